The number of aliphatic hydroxyl groups is 2. The molecule has 2 N–H and O–H groups in total. The topological polar surface area (TPSA) is 79.2 Å². The molecule has 1 heterocycles. The van der Waals surface area contributed by atoms with E-state index in [4.69, 9.17) is 14.6 Å². The number of amides is 1. The molecule has 0 aromatic carbocycles. The molecular weight excluding hydrogens is 262 g/mol. The number of carbonyl (C=O) groups excluding carboxylic acids is 1. The maximum atomic E-state index is 12.3. The van der Waals surface area contributed by atoms with Gasteiger partial charge in [-0.3, -0.25) is 4.90 Å². The third kappa shape index (κ3) is 4.33. The van der Waals surface area contributed by atoms with Crippen molar-refractivity contribution in [3.05, 3.63) is 0 Å². The number of nitrogens with zero attached hydrogens (tertiary/aromatic N) is 1. The summed E-state index contributed by atoms with van der Waals surface area (Å²) in [6, 6.07) is -0.452. The van der Waals surface area contributed by atoms with Crippen LogP contribution in [0.5, 0.6) is 0 Å². The average molecular weight is 289 g/mol. The van der Waals surface area contributed by atoms with Crippen LogP contribution in [-0.2, 0) is 9.47 Å². The molecule has 0 aromatic heterocycles. The molecule has 0 bridgehead atoms. The first-order valence-corrected chi connectivity index (χ1v) is 7.03. The predicted molar refractivity (Wildman–Crippen MR) is 74.2 cm³/mol. The van der Waals surface area contributed by atoms with Crippen LogP contribution < -0.4 is 0 Å². The Labute approximate surface area is 120 Å². The fourth-order valence-corrected chi connectivity index (χ4v) is 2.28. The molecule has 0 radical (unpaired) electrons. The summed E-state index contributed by atoms with van der Waals surface area (Å²) in [5, 5.41) is 19.0. The van der Waals surface area contributed by atoms with Gasteiger partial charge in [-0.1, -0.05) is 0 Å². The zero-order valence-electron chi connectivity index (χ0n) is 13.0. The van der Waals surface area contributed by atoms with Gasteiger partial charge in [-0.15, -0.1) is 0 Å². The molecule has 1 saturated heterocycles. The molecule has 1 rings (SSSR count). The third-order valence-electron chi connectivity index (χ3n) is 3.21. The van der Waals surface area contributed by atoms with Gasteiger partial charge < -0.3 is 19.7 Å². The van der Waals surface area contributed by atoms with Crippen LogP contribution in [0.4, 0.5) is 4.79 Å². The van der Waals surface area contributed by atoms with Crippen LogP contribution in [0.3, 0.4) is 0 Å². The van der Waals surface area contributed by atoms with E-state index in [9.17, 15) is 9.90 Å². The van der Waals surface area contributed by atoms with Crippen molar-refractivity contribution in [2.24, 2.45) is 0 Å². The highest BCUT2D eigenvalue weighted by atomic mass is 16.6. The summed E-state index contributed by atoms with van der Waals surface area (Å²) in [5.41, 5.74) is -1.41. The van der Waals surface area contributed by atoms with E-state index >= 15 is 0 Å². The standard InChI is InChI=1S/C14H27NO5/c1-13(2,3)20-12(18)15-10(9-19-14(15,4)5)11(17)7-6-8-16/h10-11,16-17H,6-9H2,1-5H3/t10-,11-/m0/s1. The van der Waals surface area contributed by atoms with Gasteiger partial charge in [-0.05, 0) is 47.5 Å². The van der Waals surface area contributed by atoms with Crippen molar-refractivity contribution in [2.75, 3.05) is 13.2 Å². The maximum Gasteiger partial charge on any atom is 0.412 e. The lowest BCUT2D eigenvalue weighted by Gasteiger charge is -2.36. The molecule has 1 aliphatic rings. The van der Waals surface area contributed by atoms with Gasteiger partial charge in [0.05, 0.1) is 18.8 Å². The summed E-state index contributed by atoms with van der Waals surface area (Å²) in [6.45, 7) is 9.22. The molecule has 0 unspecified atom stereocenters. The Morgan fingerprint density at radius 3 is 2.60 bits per heavy atom. The summed E-state index contributed by atoms with van der Waals surface area (Å²) >= 11 is 0. The van der Waals surface area contributed by atoms with Gasteiger partial charge in [0, 0.05) is 6.61 Å². The van der Waals surface area contributed by atoms with Crippen LogP contribution in [0.25, 0.3) is 0 Å². The zero-order chi connectivity index (χ0) is 15.6. The van der Waals surface area contributed by atoms with Gasteiger partial charge in [0.2, 0.25) is 0 Å². The van der Waals surface area contributed by atoms with E-state index in [1.54, 1.807) is 34.6 Å². The van der Waals surface area contributed by atoms with Gasteiger partial charge in [-0.25, -0.2) is 4.79 Å². The normalized spacial score (nSPS) is 23.8. The van der Waals surface area contributed by atoms with Crippen molar-refractivity contribution in [2.45, 2.75) is 70.9 Å². The predicted octanol–water partition coefficient (Wildman–Crippen LogP) is 1.49. The molecule has 118 valence electrons. The molecule has 6 heteroatoms. The summed E-state index contributed by atoms with van der Waals surface area (Å²) in [5.74, 6) is 0. The largest absolute Gasteiger partial charge is 0.444 e. The number of hydrogen-bond donors (Lipinski definition) is 2. The van der Waals surface area contributed by atoms with Crippen LogP contribution >= 0.6 is 0 Å². The first kappa shape index (κ1) is 17.2. The first-order chi connectivity index (χ1) is 9.08. The monoisotopic (exact) mass is 289 g/mol. The van der Waals surface area contributed by atoms with Crippen molar-refractivity contribution in [3.63, 3.8) is 0 Å². The minimum absolute atomic E-state index is 0.0144. The maximum absolute atomic E-state index is 12.3. The summed E-state index contributed by atoms with van der Waals surface area (Å²) in [4.78, 5) is 13.8. The lowest BCUT2D eigenvalue weighted by Crippen LogP contribution is -2.53. The van der Waals surface area contributed by atoms with E-state index in [1.807, 2.05) is 0 Å². The van der Waals surface area contributed by atoms with E-state index in [1.165, 1.54) is 4.90 Å². The van der Waals surface area contributed by atoms with Crippen LogP contribution in [0.15, 0.2) is 0 Å². The molecule has 1 fully saturated rings. The lowest BCUT2D eigenvalue weighted by molar-refractivity contribution is -0.0682. The molecule has 20 heavy (non-hydrogen) atoms. The Hall–Kier alpha value is -0.850. The summed E-state index contributed by atoms with van der Waals surface area (Å²) in [6.07, 6.45) is -0.329. The summed E-state index contributed by atoms with van der Waals surface area (Å²) in [7, 11) is 0. The Morgan fingerprint density at radius 2 is 2.10 bits per heavy atom. The molecule has 0 spiro atoms. The highest BCUT2D eigenvalue weighted by Crippen LogP contribution is 2.31. The van der Waals surface area contributed by atoms with Crippen molar-refractivity contribution in [1.82, 2.24) is 4.90 Å². The smallest absolute Gasteiger partial charge is 0.412 e. The second-order valence-electron chi connectivity index (χ2n) is 6.61. The second-order valence-corrected chi connectivity index (χ2v) is 6.61. The molecule has 1 aliphatic heterocycles. The van der Waals surface area contributed by atoms with E-state index in [0.717, 1.165) is 0 Å². The highest BCUT2D eigenvalue weighted by molar-refractivity contribution is 5.69. The molecule has 1 amide bonds. The van der Waals surface area contributed by atoms with Gasteiger partial charge in [0.15, 0.2) is 0 Å². The molecule has 6 nitrogen and oxygen atoms in total. The van der Waals surface area contributed by atoms with E-state index < -0.39 is 29.6 Å². The van der Waals surface area contributed by atoms with Crippen molar-refractivity contribution < 1.29 is 24.5 Å². The van der Waals surface area contributed by atoms with E-state index in [2.05, 4.69) is 0 Å². The van der Waals surface area contributed by atoms with Crippen LogP contribution in [0, 0.1) is 0 Å². The van der Waals surface area contributed by atoms with Gasteiger partial charge >= 0.3 is 6.09 Å². The Bertz CT molecular complexity index is 337. The van der Waals surface area contributed by atoms with E-state index in [-0.39, 0.29) is 13.2 Å². The van der Waals surface area contributed by atoms with E-state index in [0.29, 0.717) is 12.8 Å². The minimum Gasteiger partial charge on any atom is -0.444 e. The second kappa shape index (κ2) is 6.28. The third-order valence-corrected chi connectivity index (χ3v) is 3.21. The number of carbonyl (C=O) groups is 1. The number of aliphatic hydroxyl groups excluding tert-OH is 2. The van der Waals surface area contributed by atoms with Crippen LogP contribution in [0.2, 0.25) is 0 Å². The Balaban J connectivity index is 2.82. The molecule has 0 aromatic rings. The summed E-state index contributed by atoms with van der Waals surface area (Å²) < 4.78 is 11.0. The molecular formula is C14H27NO5. The molecule has 0 aliphatic carbocycles. The van der Waals surface area contributed by atoms with Gasteiger partial charge in [0.1, 0.15) is 11.3 Å². The first-order valence-electron chi connectivity index (χ1n) is 7.03. The quantitative estimate of drug-likeness (QED) is 0.819. The van der Waals surface area contributed by atoms with Crippen LogP contribution in [0.1, 0.15) is 47.5 Å². The number of ether oxygens (including phenoxy) is 2. The minimum atomic E-state index is -0.812. The SMILES string of the molecule is CC(C)(C)OC(=O)N1[C@H]([C@@H](O)CCCO)COC1(C)C. The Morgan fingerprint density at radius 1 is 1.50 bits per heavy atom. The Kier molecular flexibility index (Phi) is 5.40. The van der Waals surface area contributed by atoms with Crippen molar-refractivity contribution >= 4 is 6.09 Å². The fraction of sp³-hybridized carbons (Fsp3) is 0.929. The van der Waals surface area contributed by atoms with Crippen molar-refractivity contribution in [1.29, 1.82) is 0 Å². The van der Waals surface area contributed by atoms with Crippen LogP contribution in [-0.4, -0.2) is 57.9 Å². The molecule has 0 saturated carbocycles. The average Bonchev–Trinajstić information content (AvgIpc) is 2.59. The van der Waals surface area contributed by atoms with Crippen molar-refractivity contribution in [3.8, 4) is 0 Å². The highest BCUT2D eigenvalue weighted by Gasteiger charge is 2.48. The lowest BCUT2D eigenvalue weighted by atomic mass is 10.1. The fourth-order valence-electron chi connectivity index (χ4n) is 2.28. The van der Waals surface area contributed by atoms with Gasteiger partial charge in [0.25, 0.3) is 0 Å². The number of hydrogen-bond acceptors (Lipinski definition) is 5. The van der Waals surface area contributed by atoms with Gasteiger partial charge in [-0.2, -0.15) is 0 Å². The molecule has 2 atom stereocenters. The zero-order valence-corrected chi connectivity index (χ0v) is 13.0. The number of rotatable bonds is 4.